The third-order valence-electron chi connectivity index (χ3n) is 3.27. The number of nitrogens with one attached hydrogen (secondary N) is 2. The van der Waals surface area contributed by atoms with E-state index < -0.39 is 0 Å². The molecule has 0 fully saturated rings. The highest BCUT2D eigenvalue weighted by molar-refractivity contribution is 5.47. The maximum Gasteiger partial charge on any atom is 0.145 e. The predicted molar refractivity (Wildman–Crippen MR) is 76.4 cm³/mol. The number of hydrazine groups is 1. The van der Waals surface area contributed by atoms with Gasteiger partial charge in [0.2, 0.25) is 0 Å². The Morgan fingerprint density at radius 2 is 1.89 bits per heavy atom. The van der Waals surface area contributed by atoms with Gasteiger partial charge < -0.3 is 10.7 Å². The fourth-order valence-corrected chi connectivity index (χ4v) is 1.71. The average Bonchev–Trinajstić information content (AvgIpc) is 2.37. The van der Waals surface area contributed by atoms with Gasteiger partial charge in [0.15, 0.2) is 0 Å². The van der Waals surface area contributed by atoms with Crippen LogP contribution < -0.4 is 16.6 Å². The van der Waals surface area contributed by atoms with E-state index in [4.69, 9.17) is 5.84 Å². The zero-order valence-corrected chi connectivity index (χ0v) is 11.8. The van der Waals surface area contributed by atoms with Crippen molar-refractivity contribution in [2.24, 2.45) is 11.8 Å². The third-order valence-corrected chi connectivity index (χ3v) is 3.27. The molecular weight excluding hydrogens is 226 g/mol. The summed E-state index contributed by atoms with van der Waals surface area (Å²) in [4.78, 5) is 8.84. The molecular formula is C13H25N5. The minimum absolute atomic E-state index is 0.380. The largest absolute Gasteiger partial charge is 0.367 e. The Hall–Kier alpha value is -1.36. The summed E-state index contributed by atoms with van der Waals surface area (Å²) in [5.41, 5.74) is 2.59. The topological polar surface area (TPSA) is 75.9 Å². The first-order valence-corrected chi connectivity index (χ1v) is 6.71. The van der Waals surface area contributed by atoms with Crippen molar-refractivity contribution in [1.29, 1.82) is 0 Å². The minimum Gasteiger partial charge on any atom is -0.367 e. The first kappa shape index (κ1) is 14.7. The summed E-state index contributed by atoms with van der Waals surface area (Å²) in [7, 11) is 0. The van der Waals surface area contributed by atoms with E-state index in [1.165, 1.54) is 0 Å². The second-order valence-corrected chi connectivity index (χ2v) is 4.77. The van der Waals surface area contributed by atoms with Crippen LogP contribution in [0, 0.1) is 5.92 Å². The number of aromatic nitrogens is 2. The molecule has 5 heteroatoms. The predicted octanol–water partition coefficient (Wildman–Crippen LogP) is 2.56. The molecule has 1 aromatic heterocycles. The van der Waals surface area contributed by atoms with E-state index in [2.05, 4.69) is 48.4 Å². The maximum absolute atomic E-state index is 5.43. The van der Waals surface area contributed by atoms with Crippen molar-refractivity contribution in [3.8, 4) is 0 Å². The molecule has 1 rings (SSSR count). The molecule has 0 aliphatic rings. The number of rotatable bonds is 7. The fourth-order valence-electron chi connectivity index (χ4n) is 1.71. The van der Waals surface area contributed by atoms with E-state index in [9.17, 15) is 0 Å². The van der Waals surface area contributed by atoms with Crippen LogP contribution in [-0.4, -0.2) is 16.0 Å². The second-order valence-electron chi connectivity index (χ2n) is 4.77. The van der Waals surface area contributed by atoms with E-state index >= 15 is 0 Å². The van der Waals surface area contributed by atoms with Crippen molar-refractivity contribution in [3.63, 3.8) is 0 Å². The summed E-state index contributed by atoms with van der Waals surface area (Å²) in [6.45, 7) is 8.71. The van der Waals surface area contributed by atoms with E-state index in [0.717, 1.165) is 30.9 Å². The zero-order valence-electron chi connectivity index (χ0n) is 11.8. The number of hydrogen-bond acceptors (Lipinski definition) is 5. The summed E-state index contributed by atoms with van der Waals surface area (Å²) in [5, 5.41) is 3.42. The smallest absolute Gasteiger partial charge is 0.145 e. The molecule has 0 saturated carbocycles. The van der Waals surface area contributed by atoms with Crippen LogP contribution in [0.2, 0.25) is 0 Å². The third kappa shape index (κ3) is 4.14. The van der Waals surface area contributed by atoms with Gasteiger partial charge in [0.1, 0.15) is 17.5 Å². The molecule has 1 aromatic rings. The van der Waals surface area contributed by atoms with Crippen LogP contribution in [0.15, 0.2) is 6.07 Å². The van der Waals surface area contributed by atoms with E-state index in [-0.39, 0.29) is 0 Å². The van der Waals surface area contributed by atoms with Gasteiger partial charge in [-0.25, -0.2) is 15.8 Å². The summed E-state index contributed by atoms with van der Waals surface area (Å²) in [5.74, 6) is 8.36. The van der Waals surface area contributed by atoms with Gasteiger partial charge in [0.25, 0.3) is 0 Å². The molecule has 0 aliphatic heterocycles. The highest BCUT2D eigenvalue weighted by atomic mass is 15.3. The summed E-state index contributed by atoms with van der Waals surface area (Å²) in [6, 6.07) is 2.22. The molecule has 0 spiro atoms. The summed E-state index contributed by atoms with van der Waals surface area (Å²) in [6.07, 6.45) is 3.03. The molecule has 2 atom stereocenters. The zero-order chi connectivity index (χ0) is 13.5. The van der Waals surface area contributed by atoms with Crippen molar-refractivity contribution >= 4 is 11.6 Å². The molecule has 0 aliphatic carbocycles. The first-order chi connectivity index (χ1) is 8.60. The van der Waals surface area contributed by atoms with E-state index in [1.807, 2.05) is 6.07 Å². The first-order valence-electron chi connectivity index (χ1n) is 6.71. The second kappa shape index (κ2) is 7.16. The molecule has 0 bridgehead atoms. The number of hydrogen-bond donors (Lipinski definition) is 3. The van der Waals surface area contributed by atoms with Gasteiger partial charge in [-0.3, -0.25) is 0 Å². The highest BCUT2D eigenvalue weighted by Crippen LogP contribution is 2.16. The minimum atomic E-state index is 0.380. The average molecular weight is 251 g/mol. The molecule has 102 valence electrons. The lowest BCUT2D eigenvalue weighted by molar-refractivity contribution is 0.493. The molecule has 0 amide bonds. The fraction of sp³-hybridized carbons (Fsp3) is 0.692. The van der Waals surface area contributed by atoms with Gasteiger partial charge in [0.05, 0.1) is 0 Å². The normalized spacial score (nSPS) is 14.1. The Bertz CT molecular complexity index is 366. The van der Waals surface area contributed by atoms with E-state index in [1.54, 1.807) is 0 Å². The lowest BCUT2D eigenvalue weighted by atomic mass is 10.0. The van der Waals surface area contributed by atoms with Gasteiger partial charge in [0, 0.05) is 18.5 Å². The number of nitrogens with zero attached hydrogens (tertiary/aromatic N) is 2. The Morgan fingerprint density at radius 1 is 1.22 bits per heavy atom. The van der Waals surface area contributed by atoms with Crippen LogP contribution in [0.4, 0.5) is 11.6 Å². The number of aryl methyl sites for hydroxylation is 1. The van der Waals surface area contributed by atoms with Crippen LogP contribution in [0.5, 0.6) is 0 Å². The van der Waals surface area contributed by atoms with Crippen molar-refractivity contribution in [2.75, 3.05) is 10.7 Å². The molecule has 2 unspecified atom stereocenters. The summed E-state index contributed by atoms with van der Waals surface area (Å²) < 4.78 is 0. The Labute approximate surface area is 110 Å². The number of nitrogen functional groups attached to an aromatic ring is 1. The van der Waals surface area contributed by atoms with Crippen molar-refractivity contribution in [2.45, 2.75) is 53.0 Å². The molecule has 0 radical (unpaired) electrons. The van der Waals surface area contributed by atoms with Crippen LogP contribution in [0.3, 0.4) is 0 Å². The molecule has 0 saturated heterocycles. The van der Waals surface area contributed by atoms with Crippen molar-refractivity contribution in [3.05, 3.63) is 11.9 Å². The van der Waals surface area contributed by atoms with Gasteiger partial charge >= 0.3 is 0 Å². The van der Waals surface area contributed by atoms with Crippen LogP contribution in [0.25, 0.3) is 0 Å². The van der Waals surface area contributed by atoms with Crippen LogP contribution in [-0.2, 0) is 6.42 Å². The number of nitrogens with two attached hydrogens (primary N) is 1. The van der Waals surface area contributed by atoms with Crippen molar-refractivity contribution in [1.82, 2.24) is 9.97 Å². The monoisotopic (exact) mass is 251 g/mol. The molecule has 0 aromatic carbocycles. The quantitative estimate of drug-likeness (QED) is 0.513. The molecule has 5 nitrogen and oxygen atoms in total. The van der Waals surface area contributed by atoms with Crippen LogP contribution >= 0.6 is 0 Å². The Kier molecular flexibility index (Phi) is 5.85. The van der Waals surface area contributed by atoms with Gasteiger partial charge in [-0.15, -0.1) is 0 Å². The van der Waals surface area contributed by atoms with Crippen molar-refractivity contribution < 1.29 is 0 Å². The SMILES string of the molecule is CCCc1nc(NN)cc(NC(C)C(C)CC)n1. The lowest BCUT2D eigenvalue weighted by Crippen LogP contribution is -2.24. The van der Waals surface area contributed by atoms with Gasteiger partial charge in [-0.2, -0.15) is 0 Å². The molecule has 1 heterocycles. The number of anilines is 2. The van der Waals surface area contributed by atoms with Gasteiger partial charge in [-0.05, 0) is 19.3 Å². The van der Waals surface area contributed by atoms with Crippen LogP contribution in [0.1, 0.15) is 46.4 Å². The lowest BCUT2D eigenvalue weighted by Gasteiger charge is -2.21. The standard InChI is InChI=1S/C13H25N5/c1-5-7-11-16-12(8-13(17-11)18-14)15-10(4)9(3)6-2/h8-10H,5-7,14H2,1-4H3,(H2,15,16,17,18). The van der Waals surface area contributed by atoms with Gasteiger partial charge in [-0.1, -0.05) is 27.2 Å². The Morgan fingerprint density at radius 3 is 2.44 bits per heavy atom. The highest BCUT2D eigenvalue weighted by Gasteiger charge is 2.11. The molecule has 18 heavy (non-hydrogen) atoms. The Balaban J connectivity index is 2.83. The van der Waals surface area contributed by atoms with E-state index in [0.29, 0.717) is 17.8 Å². The molecule has 4 N–H and O–H groups in total. The maximum atomic E-state index is 5.43. The summed E-state index contributed by atoms with van der Waals surface area (Å²) >= 11 is 0.